The average molecular weight is 358 g/mol. The summed E-state index contributed by atoms with van der Waals surface area (Å²) in [7, 11) is 1.85. The number of aromatic nitrogens is 4. The maximum absolute atomic E-state index is 12.3. The summed E-state index contributed by atoms with van der Waals surface area (Å²) in [4.78, 5) is 16.4. The maximum Gasteiger partial charge on any atom is 0.410 e. The molecule has 1 fully saturated rings. The number of carbonyl (C=O) groups is 1. The summed E-state index contributed by atoms with van der Waals surface area (Å²) in [6, 6.07) is 10.2. The molecule has 1 aromatic heterocycles. The molecule has 1 aromatic carbocycles. The number of aryl methyl sites for hydroxylation is 1. The zero-order chi connectivity index (χ0) is 18.7. The fourth-order valence-corrected chi connectivity index (χ4v) is 3.12. The molecule has 0 spiro atoms. The fraction of sp³-hybridized carbons (Fsp3) is 0.556. The van der Waals surface area contributed by atoms with Gasteiger partial charge in [0, 0.05) is 33.2 Å². The number of piperazine rings is 1. The molecule has 1 amide bonds. The molecule has 8 nitrogen and oxygen atoms in total. The standard InChI is InChI=1S/C18H26N6O2/c1-18(2,3)26-17(25)24-12-10-23(11-13-24)15(14-8-6-5-7-9-14)16-19-20-21-22(16)4/h5-9,15H,10-13H2,1-4H3/t15-/m1/s1. The van der Waals surface area contributed by atoms with Crippen LogP contribution in [0.3, 0.4) is 0 Å². The number of hydrogen-bond acceptors (Lipinski definition) is 6. The largest absolute Gasteiger partial charge is 0.444 e. The van der Waals surface area contributed by atoms with Crippen LogP contribution in [0.4, 0.5) is 4.79 Å². The van der Waals surface area contributed by atoms with Gasteiger partial charge in [-0.05, 0) is 36.8 Å². The Bertz CT molecular complexity index is 732. The molecule has 0 bridgehead atoms. The third kappa shape index (κ3) is 4.19. The van der Waals surface area contributed by atoms with E-state index < -0.39 is 5.60 Å². The SMILES string of the molecule is Cn1nnnc1[C@@H](c1ccccc1)N1CCN(C(=O)OC(C)(C)C)CC1. The van der Waals surface area contributed by atoms with Crippen molar-refractivity contribution in [2.75, 3.05) is 26.2 Å². The van der Waals surface area contributed by atoms with Gasteiger partial charge in [0.2, 0.25) is 0 Å². The molecule has 0 radical (unpaired) electrons. The van der Waals surface area contributed by atoms with Crippen molar-refractivity contribution in [1.82, 2.24) is 30.0 Å². The zero-order valence-corrected chi connectivity index (χ0v) is 15.8. The summed E-state index contributed by atoms with van der Waals surface area (Å²) in [5, 5.41) is 12.0. The third-order valence-corrected chi connectivity index (χ3v) is 4.34. The molecular weight excluding hydrogens is 332 g/mol. The molecule has 3 rings (SSSR count). The van der Waals surface area contributed by atoms with Crippen LogP contribution in [0, 0.1) is 0 Å². The van der Waals surface area contributed by atoms with Gasteiger partial charge in [-0.2, -0.15) is 0 Å². The average Bonchev–Trinajstić information content (AvgIpc) is 3.01. The van der Waals surface area contributed by atoms with E-state index in [1.54, 1.807) is 9.58 Å². The second kappa shape index (κ2) is 7.41. The lowest BCUT2D eigenvalue weighted by atomic mass is 10.0. The van der Waals surface area contributed by atoms with Crippen LogP contribution in [0.2, 0.25) is 0 Å². The summed E-state index contributed by atoms with van der Waals surface area (Å²) in [6.45, 7) is 8.33. The number of ether oxygens (including phenoxy) is 1. The fourth-order valence-electron chi connectivity index (χ4n) is 3.12. The zero-order valence-electron chi connectivity index (χ0n) is 15.8. The predicted octanol–water partition coefficient (Wildman–Crippen LogP) is 1.85. The summed E-state index contributed by atoms with van der Waals surface area (Å²) in [6.07, 6.45) is -0.256. The van der Waals surface area contributed by atoms with Crippen LogP contribution < -0.4 is 0 Å². The number of carbonyl (C=O) groups excluding carboxylic acids is 1. The first-order valence-electron chi connectivity index (χ1n) is 8.84. The molecule has 1 atom stereocenters. The van der Waals surface area contributed by atoms with E-state index in [1.165, 1.54) is 0 Å². The minimum atomic E-state index is -0.481. The summed E-state index contributed by atoms with van der Waals surface area (Å²) in [5.41, 5.74) is 0.654. The van der Waals surface area contributed by atoms with Crippen LogP contribution in [-0.4, -0.2) is 67.9 Å². The van der Waals surface area contributed by atoms with Gasteiger partial charge in [0.1, 0.15) is 5.60 Å². The third-order valence-electron chi connectivity index (χ3n) is 4.34. The van der Waals surface area contributed by atoms with E-state index in [-0.39, 0.29) is 12.1 Å². The van der Waals surface area contributed by atoms with Crippen molar-refractivity contribution in [3.05, 3.63) is 41.7 Å². The Labute approximate surface area is 153 Å². The van der Waals surface area contributed by atoms with Crippen molar-refractivity contribution in [1.29, 1.82) is 0 Å². The molecule has 1 saturated heterocycles. The smallest absolute Gasteiger partial charge is 0.410 e. The highest BCUT2D eigenvalue weighted by Crippen LogP contribution is 2.27. The van der Waals surface area contributed by atoms with Gasteiger partial charge in [-0.1, -0.05) is 30.3 Å². The molecule has 2 heterocycles. The minimum Gasteiger partial charge on any atom is -0.444 e. The van der Waals surface area contributed by atoms with Crippen LogP contribution in [0.25, 0.3) is 0 Å². The number of tetrazole rings is 1. The molecule has 8 heteroatoms. The number of rotatable bonds is 3. The van der Waals surface area contributed by atoms with Crippen molar-refractivity contribution < 1.29 is 9.53 Å². The van der Waals surface area contributed by atoms with Crippen molar-refractivity contribution in [2.24, 2.45) is 7.05 Å². The van der Waals surface area contributed by atoms with E-state index in [1.807, 2.05) is 46.0 Å². The molecule has 26 heavy (non-hydrogen) atoms. The quantitative estimate of drug-likeness (QED) is 0.833. The number of benzene rings is 1. The van der Waals surface area contributed by atoms with Gasteiger partial charge in [-0.15, -0.1) is 5.10 Å². The van der Waals surface area contributed by atoms with E-state index in [0.717, 1.165) is 24.5 Å². The molecule has 140 valence electrons. The Balaban J connectivity index is 1.74. The Morgan fingerprint density at radius 2 is 1.77 bits per heavy atom. The highest BCUT2D eigenvalue weighted by Gasteiger charge is 2.32. The summed E-state index contributed by atoms with van der Waals surface area (Å²) < 4.78 is 7.19. The van der Waals surface area contributed by atoms with Gasteiger partial charge in [-0.3, -0.25) is 4.90 Å². The van der Waals surface area contributed by atoms with Crippen molar-refractivity contribution in [3.8, 4) is 0 Å². The van der Waals surface area contributed by atoms with Crippen LogP contribution in [-0.2, 0) is 11.8 Å². The monoisotopic (exact) mass is 358 g/mol. The highest BCUT2D eigenvalue weighted by molar-refractivity contribution is 5.68. The Kier molecular flexibility index (Phi) is 5.22. The van der Waals surface area contributed by atoms with Crippen molar-refractivity contribution in [3.63, 3.8) is 0 Å². The number of hydrogen-bond donors (Lipinski definition) is 0. The summed E-state index contributed by atoms with van der Waals surface area (Å²) >= 11 is 0. The first-order valence-corrected chi connectivity index (χ1v) is 8.84. The van der Waals surface area contributed by atoms with Crippen LogP contribution in [0.1, 0.15) is 38.2 Å². The van der Waals surface area contributed by atoms with Crippen molar-refractivity contribution in [2.45, 2.75) is 32.4 Å². The Morgan fingerprint density at radius 3 is 2.31 bits per heavy atom. The Hall–Kier alpha value is -2.48. The minimum absolute atomic E-state index is 0.0445. The molecule has 0 unspecified atom stereocenters. The van der Waals surface area contributed by atoms with Gasteiger partial charge in [-0.25, -0.2) is 9.48 Å². The van der Waals surface area contributed by atoms with Gasteiger partial charge in [0.15, 0.2) is 5.82 Å². The van der Waals surface area contributed by atoms with Crippen LogP contribution >= 0.6 is 0 Å². The topological polar surface area (TPSA) is 76.4 Å². The first-order chi connectivity index (χ1) is 12.3. The van der Waals surface area contributed by atoms with E-state index in [0.29, 0.717) is 13.1 Å². The second-order valence-corrected chi connectivity index (χ2v) is 7.48. The van der Waals surface area contributed by atoms with E-state index in [9.17, 15) is 4.79 Å². The van der Waals surface area contributed by atoms with Gasteiger partial charge in [0.05, 0.1) is 6.04 Å². The molecule has 2 aromatic rings. The van der Waals surface area contributed by atoms with Gasteiger partial charge in [0.25, 0.3) is 0 Å². The number of nitrogens with zero attached hydrogens (tertiary/aromatic N) is 6. The predicted molar refractivity (Wildman–Crippen MR) is 96.5 cm³/mol. The first kappa shape index (κ1) is 18.3. The summed E-state index contributed by atoms with van der Waals surface area (Å²) in [5.74, 6) is 0.793. The van der Waals surface area contributed by atoms with Gasteiger partial charge < -0.3 is 9.64 Å². The lowest BCUT2D eigenvalue weighted by Gasteiger charge is -2.39. The molecule has 0 N–H and O–H groups in total. The van der Waals surface area contributed by atoms with Crippen LogP contribution in [0.15, 0.2) is 30.3 Å². The normalized spacial score (nSPS) is 17.2. The van der Waals surface area contributed by atoms with E-state index in [2.05, 4.69) is 32.6 Å². The molecule has 0 saturated carbocycles. The molecular formula is C18H26N6O2. The van der Waals surface area contributed by atoms with Gasteiger partial charge >= 0.3 is 6.09 Å². The van der Waals surface area contributed by atoms with Crippen molar-refractivity contribution >= 4 is 6.09 Å². The second-order valence-electron chi connectivity index (χ2n) is 7.48. The molecule has 0 aliphatic carbocycles. The highest BCUT2D eigenvalue weighted by atomic mass is 16.6. The molecule has 1 aliphatic heterocycles. The Morgan fingerprint density at radius 1 is 1.12 bits per heavy atom. The van der Waals surface area contributed by atoms with Crippen LogP contribution in [0.5, 0.6) is 0 Å². The van der Waals surface area contributed by atoms with E-state index >= 15 is 0 Å². The molecule has 1 aliphatic rings. The van der Waals surface area contributed by atoms with E-state index in [4.69, 9.17) is 4.74 Å². The number of amides is 1. The lowest BCUT2D eigenvalue weighted by Crippen LogP contribution is -2.51. The lowest BCUT2D eigenvalue weighted by molar-refractivity contribution is 0.0115. The maximum atomic E-state index is 12.3.